The fourth-order valence-electron chi connectivity index (χ4n) is 1.73. The first-order valence-electron chi connectivity index (χ1n) is 6.36. The van der Waals surface area contributed by atoms with Crippen LogP contribution >= 0.6 is 0 Å². The number of amides is 1. The van der Waals surface area contributed by atoms with Gasteiger partial charge < -0.3 is 9.88 Å². The molecule has 0 unspecified atom stereocenters. The maximum atomic E-state index is 11.7. The van der Waals surface area contributed by atoms with E-state index in [0.717, 1.165) is 0 Å². The molecule has 1 N–H and O–H groups in total. The maximum absolute atomic E-state index is 11.7. The second-order valence-electron chi connectivity index (χ2n) is 5.17. The summed E-state index contributed by atoms with van der Waals surface area (Å²) in [5.74, 6) is -0.411. The highest BCUT2D eigenvalue weighted by molar-refractivity contribution is 7.91. The van der Waals surface area contributed by atoms with Crippen molar-refractivity contribution in [1.82, 2.24) is 4.57 Å². The topological polar surface area (TPSA) is 85.2 Å². The van der Waals surface area contributed by atoms with Gasteiger partial charge in [-0.2, -0.15) is 0 Å². The summed E-state index contributed by atoms with van der Waals surface area (Å²) in [7, 11) is -1.62. The second kappa shape index (κ2) is 6.69. The molecule has 0 saturated heterocycles. The molecule has 20 heavy (non-hydrogen) atoms. The minimum Gasteiger partial charge on any atom is -0.325 e. The van der Waals surface area contributed by atoms with Crippen molar-refractivity contribution in [2.24, 2.45) is 13.0 Å². The van der Waals surface area contributed by atoms with Crippen LogP contribution in [0.25, 0.3) is 0 Å². The van der Waals surface area contributed by atoms with Gasteiger partial charge in [0.2, 0.25) is 11.5 Å². The Labute approximate surface area is 118 Å². The van der Waals surface area contributed by atoms with E-state index < -0.39 is 9.84 Å². The van der Waals surface area contributed by atoms with Gasteiger partial charge in [0.05, 0.1) is 17.2 Å². The van der Waals surface area contributed by atoms with Crippen LogP contribution in [0.3, 0.4) is 0 Å². The molecule has 6 nitrogen and oxygen atoms in total. The molecule has 1 amide bonds. The first-order valence-corrected chi connectivity index (χ1v) is 8.19. The summed E-state index contributed by atoms with van der Waals surface area (Å²) in [6.45, 7) is 3.64. The third-order valence-corrected chi connectivity index (χ3v) is 4.60. The molecule has 1 aromatic rings. The van der Waals surface area contributed by atoms with Crippen LogP contribution in [0.5, 0.6) is 0 Å². The number of pyridine rings is 1. The quantitative estimate of drug-likeness (QED) is 0.841. The summed E-state index contributed by atoms with van der Waals surface area (Å²) < 4.78 is 24.7. The summed E-state index contributed by atoms with van der Waals surface area (Å²) in [6, 6.07) is 2.83. The minimum absolute atomic E-state index is 0.0479. The van der Waals surface area contributed by atoms with Crippen LogP contribution < -0.4 is 10.9 Å². The molecule has 0 atom stereocenters. The Morgan fingerprint density at radius 1 is 1.35 bits per heavy atom. The van der Waals surface area contributed by atoms with E-state index >= 15 is 0 Å². The first kappa shape index (κ1) is 16.4. The molecule has 0 bridgehead atoms. The summed E-state index contributed by atoms with van der Waals surface area (Å²) in [5, 5.41) is 2.57. The van der Waals surface area contributed by atoms with Gasteiger partial charge in [0, 0.05) is 25.7 Å². The van der Waals surface area contributed by atoms with Crippen LogP contribution in [-0.2, 0) is 21.7 Å². The summed E-state index contributed by atoms with van der Waals surface area (Å²) in [6.07, 6.45) is 1.40. The summed E-state index contributed by atoms with van der Waals surface area (Å²) >= 11 is 0. The first-order chi connectivity index (χ1) is 9.19. The lowest BCUT2D eigenvalue weighted by molar-refractivity contribution is -0.115. The Balaban J connectivity index is 2.56. The van der Waals surface area contributed by atoms with Crippen molar-refractivity contribution in [2.45, 2.75) is 20.3 Å². The van der Waals surface area contributed by atoms with E-state index in [1.54, 1.807) is 7.05 Å². The average molecular weight is 300 g/mol. The number of nitrogens with zero attached hydrogens (tertiary/aromatic N) is 1. The number of carbonyl (C=O) groups is 1. The highest BCUT2D eigenvalue weighted by atomic mass is 32.2. The Kier molecular flexibility index (Phi) is 5.50. The van der Waals surface area contributed by atoms with E-state index in [9.17, 15) is 18.0 Å². The number of aromatic nitrogens is 1. The maximum Gasteiger partial charge on any atom is 0.250 e. The van der Waals surface area contributed by atoms with E-state index in [2.05, 4.69) is 5.32 Å². The molecule has 7 heteroatoms. The van der Waals surface area contributed by atoms with Gasteiger partial charge in [0.15, 0.2) is 9.84 Å². The average Bonchev–Trinajstić information content (AvgIpc) is 2.30. The lowest BCUT2D eigenvalue weighted by atomic mass is 10.3. The Hall–Kier alpha value is -1.63. The molecular weight excluding hydrogens is 280 g/mol. The van der Waals surface area contributed by atoms with E-state index in [-0.39, 0.29) is 35.3 Å². The predicted molar refractivity (Wildman–Crippen MR) is 78.4 cm³/mol. The molecule has 0 aromatic carbocycles. The number of hydrogen-bond donors (Lipinski definition) is 1. The molecule has 1 aromatic heterocycles. The molecule has 112 valence electrons. The number of anilines is 1. The van der Waals surface area contributed by atoms with Gasteiger partial charge in [-0.1, -0.05) is 13.8 Å². The monoisotopic (exact) mass is 300 g/mol. The zero-order valence-corrected chi connectivity index (χ0v) is 12.7. The van der Waals surface area contributed by atoms with E-state index in [0.29, 0.717) is 5.69 Å². The van der Waals surface area contributed by atoms with Crippen molar-refractivity contribution in [3.8, 4) is 0 Å². The molecule has 0 fully saturated rings. The summed E-state index contributed by atoms with van der Waals surface area (Å²) in [5.41, 5.74) is 0.292. The van der Waals surface area contributed by atoms with Crippen LogP contribution in [0, 0.1) is 5.92 Å². The van der Waals surface area contributed by atoms with Crippen molar-refractivity contribution in [3.05, 3.63) is 28.7 Å². The number of hydrogen-bond acceptors (Lipinski definition) is 4. The van der Waals surface area contributed by atoms with Crippen LogP contribution in [-0.4, -0.2) is 30.4 Å². The van der Waals surface area contributed by atoms with Crippen LogP contribution in [0.15, 0.2) is 23.1 Å². The molecule has 0 aliphatic rings. The Morgan fingerprint density at radius 3 is 2.55 bits per heavy atom. The van der Waals surface area contributed by atoms with E-state index in [4.69, 9.17) is 0 Å². The van der Waals surface area contributed by atoms with Crippen LogP contribution in [0.2, 0.25) is 0 Å². The molecule has 1 rings (SSSR count). The van der Waals surface area contributed by atoms with Crippen LogP contribution in [0.4, 0.5) is 5.69 Å². The predicted octanol–water partition coefficient (Wildman–Crippen LogP) is 0.785. The number of carbonyl (C=O) groups excluding carboxylic acids is 1. The lowest BCUT2D eigenvalue weighted by Crippen LogP contribution is -2.22. The van der Waals surface area contributed by atoms with Crippen molar-refractivity contribution in [1.29, 1.82) is 0 Å². The fourth-order valence-corrected chi connectivity index (χ4v) is 3.41. The van der Waals surface area contributed by atoms with Gasteiger partial charge in [-0.15, -0.1) is 0 Å². The molecule has 0 aliphatic carbocycles. The number of rotatable bonds is 6. The zero-order chi connectivity index (χ0) is 15.3. The lowest BCUT2D eigenvalue weighted by Gasteiger charge is -2.08. The van der Waals surface area contributed by atoms with Crippen molar-refractivity contribution in [2.75, 3.05) is 16.8 Å². The number of aryl methyl sites for hydroxylation is 1. The molecule has 0 saturated carbocycles. The standard InChI is InChI=1S/C13H20N2O4S/c1-10(2)9-20(18,19)7-6-12(16)14-11-4-5-13(17)15(3)8-11/h4-5,8,10H,6-7,9H2,1-3H3,(H,14,16). The molecule has 0 spiro atoms. The van der Waals surface area contributed by atoms with Gasteiger partial charge in [-0.05, 0) is 12.0 Å². The van der Waals surface area contributed by atoms with Gasteiger partial charge in [0.1, 0.15) is 0 Å². The largest absolute Gasteiger partial charge is 0.325 e. The van der Waals surface area contributed by atoms with Gasteiger partial charge >= 0.3 is 0 Å². The third kappa shape index (κ3) is 5.56. The minimum atomic E-state index is -3.20. The SMILES string of the molecule is CC(C)CS(=O)(=O)CCC(=O)Nc1ccc(=O)n(C)c1. The molecule has 1 heterocycles. The third-order valence-electron chi connectivity index (χ3n) is 2.60. The van der Waals surface area contributed by atoms with Gasteiger partial charge in [-0.3, -0.25) is 9.59 Å². The Bertz CT molecular complexity index is 632. The van der Waals surface area contributed by atoms with Crippen LogP contribution in [0.1, 0.15) is 20.3 Å². The highest BCUT2D eigenvalue weighted by Gasteiger charge is 2.15. The fraction of sp³-hybridized carbons (Fsp3) is 0.538. The van der Waals surface area contributed by atoms with E-state index in [1.165, 1.54) is 22.9 Å². The zero-order valence-electron chi connectivity index (χ0n) is 11.9. The number of nitrogens with one attached hydrogen (secondary N) is 1. The smallest absolute Gasteiger partial charge is 0.250 e. The summed E-state index contributed by atoms with van der Waals surface area (Å²) in [4.78, 5) is 22.9. The van der Waals surface area contributed by atoms with Gasteiger partial charge in [0.25, 0.3) is 0 Å². The van der Waals surface area contributed by atoms with Crippen molar-refractivity contribution in [3.63, 3.8) is 0 Å². The molecule has 0 aliphatic heterocycles. The van der Waals surface area contributed by atoms with Gasteiger partial charge in [-0.25, -0.2) is 8.42 Å². The highest BCUT2D eigenvalue weighted by Crippen LogP contribution is 2.06. The van der Waals surface area contributed by atoms with E-state index in [1.807, 2.05) is 13.8 Å². The second-order valence-corrected chi connectivity index (χ2v) is 7.40. The normalized spacial score (nSPS) is 11.6. The number of sulfone groups is 1. The Morgan fingerprint density at radius 2 is 2.00 bits per heavy atom. The van der Waals surface area contributed by atoms with Crippen molar-refractivity contribution >= 4 is 21.4 Å². The van der Waals surface area contributed by atoms with Crippen molar-refractivity contribution < 1.29 is 13.2 Å². The molecular formula is C13H20N2O4S. The molecule has 0 radical (unpaired) electrons.